The lowest BCUT2D eigenvalue weighted by atomic mass is 10.1. The van der Waals surface area contributed by atoms with Crippen molar-refractivity contribution in [2.75, 3.05) is 6.54 Å². The molecule has 1 heterocycles. The van der Waals surface area contributed by atoms with Crippen LogP contribution in [-0.4, -0.2) is 36.5 Å². The lowest BCUT2D eigenvalue weighted by molar-refractivity contribution is 0.264. The molecule has 15 heavy (non-hydrogen) atoms. The molecule has 5 N–H and O–H groups in total. The first-order valence-corrected chi connectivity index (χ1v) is 7.77. The van der Waals surface area contributed by atoms with Gasteiger partial charge < -0.3 is 19.6 Å². The van der Waals surface area contributed by atoms with E-state index in [0.717, 1.165) is 0 Å². The molecule has 1 aliphatic heterocycles. The standard InChI is InChI=1S/C5H12ClNO6P2/c6-4-1-2-7-5(3-4,14(8,9)10)15(11,12)13/h4,7H,1-3H2,(H2,8,9,10)(H2,11,12,13). The van der Waals surface area contributed by atoms with Crippen LogP contribution in [0.2, 0.25) is 0 Å². The molecular formula is C5H12ClNO6P2. The Morgan fingerprint density at radius 2 is 1.67 bits per heavy atom. The third-order valence-electron chi connectivity index (χ3n) is 2.34. The van der Waals surface area contributed by atoms with Crippen LogP contribution in [0.3, 0.4) is 0 Å². The molecule has 0 amide bonds. The number of nitrogens with one attached hydrogen (secondary N) is 1. The van der Waals surface area contributed by atoms with Gasteiger partial charge in [-0.2, -0.15) is 0 Å². The van der Waals surface area contributed by atoms with Crippen molar-refractivity contribution in [1.29, 1.82) is 0 Å². The monoisotopic (exact) mass is 279 g/mol. The van der Waals surface area contributed by atoms with Crippen molar-refractivity contribution in [1.82, 2.24) is 5.32 Å². The normalized spacial score (nSPS) is 27.7. The summed E-state index contributed by atoms with van der Waals surface area (Å²) in [6.07, 6.45) is -0.0492. The molecule has 1 saturated heterocycles. The highest BCUT2D eigenvalue weighted by molar-refractivity contribution is 7.72. The van der Waals surface area contributed by atoms with E-state index in [0.29, 0.717) is 6.42 Å². The van der Waals surface area contributed by atoms with Crippen molar-refractivity contribution in [2.24, 2.45) is 0 Å². The summed E-state index contributed by atoms with van der Waals surface area (Å²) >= 11 is 5.69. The molecule has 0 spiro atoms. The quantitative estimate of drug-likeness (QED) is 0.355. The van der Waals surface area contributed by atoms with Crippen LogP contribution < -0.4 is 5.32 Å². The second-order valence-corrected chi connectivity index (χ2v) is 8.09. The molecule has 0 bridgehead atoms. The Balaban J connectivity index is 3.19. The molecule has 1 rings (SSSR count). The van der Waals surface area contributed by atoms with Gasteiger partial charge in [-0.1, -0.05) is 0 Å². The molecule has 1 unspecified atom stereocenters. The summed E-state index contributed by atoms with van der Waals surface area (Å²) < 4.78 is 22.4. The first-order chi connectivity index (χ1) is 6.60. The van der Waals surface area contributed by atoms with Crippen LogP contribution in [0.5, 0.6) is 0 Å². The van der Waals surface area contributed by atoms with E-state index >= 15 is 0 Å². The molecule has 10 heteroatoms. The van der Waals surface area contributed by atoms with Gasteiger partial charge in [0, 0.05) is 11.8 Å². The second kappa shape index (κ2) is 4.09. The van der Waals surface area contributed by atoms with E-state index < -0.39 is 32.0 Å². The molecule has 0 aromatic rings. The van der Waals surface area contributed by atoms with Crippen molar-refractivity contribution in [2.45, 2.75) is 23.2 Å². The van der Waals surface area contributed by atoms with Crippen LogP contribution in [0.1, 0.15) is 12.8 Å². The van der Waals surface area contributed by atoms with E-state index in [9.17, 15) is 9.13 Å². The molecular weight excluding hydrogens is 267 g/mol. The second-order valence-electron chi connectivity index (χ2n) is 3.42. The summed E-state index contributed by atoms with van der Waals surface area (Å²) in [7, 11) is -9.98. The van der Waals surface area contributed by atoms with Gasteiger partial charge in [0.1, 0.15) is 0 Å². The van der Waals surface area contributed by atoms with E-state index in [4.69, 9.17) is 31.2 Å². The lowest BCUT2D eigenvalue weighted by Gasteiger charge is -2.39. The van der Waals surface area contributed by atoms with E-state index in [2.05, 4.69) is 5.32 Å². The van der Waals surface area contributed by atoms with Crippen molar-refractivity contribution in [3.05, 3.63) is 0 Å². The van der Waals surface area contributed by atoms with Gasteiger partial charge in [-0.05, 0) is 13.0 Å². The average Bonchev–Trinajstić information content (AvgIpc) is 1.99. The Labute approximate surface area is 91.1 Å². The maximum atomic E-state index is 11.2. The van der Waals surface area contributed by atoms with Gasteiger partial charge in [-0.3, -0.25) is 14.4 Å². The van der Waals surface area contributed by atoms with E-state index in [1.54, 1.807) is 0 Å². The minimum absolute atomic E-state index is 0.0599. The molecule has 90 valence electrons. The average molecular weight is 280 g/mol. The largest absolute Gasteiger partial charge is 0.357 e. The van der Waals surface area contributed by atoms with Crippen molar-refractivity contribution >= 4 is 26.8 Å². The molecule has 0 aliphatic carbocycles. The SMILES string of the molecule is O=P(O)(O)C1(P(=O)(O)O)CC(Cl)CCN1. The highest BCUT2D eigenvalue weighted by Gasteiger charge is 2.61. The molecule has 1 fully saturated rings. The minimum atomic E-state index is -4.99. The van der Waals surface area contributed by atoms with Gasteiger partial charge in [0.25, 0.3) is 0 Å². The van der Waals surface area contributed by atoms with Crippen LogP contribution >= 0.6 is 26.8 Å². The van der Waals surface area contributed by atoms with E-state index in [1.165, 1.54) is 0 Å². The summed E-state index contributed by atoms with van der Waals surface area (Å²) in [5.41, 5.74) is 0. The fraction of sp³-hybridized carbons (Fsp3) is 1.00. The number of hydrogen-bond donors (Lipinski definition) is 5. The van der Waals surface area contributed by atoms with Gasteiger partial charge in [-0.15, -0.1) is 11.6 Å². The summed E-state index contributed by atoms with van der Waals surface area (Å²) in [4.78, 5) is 36.2. The molecule has 1 atom stereocenters. The van der Waals surface area contributed by atoms with Crippen LogP contribution in [0.4, 0.5) is 0 Å². The fourth-order valence-corrected chi connectivity index (χ4v) is 4.99. The van der Waals surface area contributed by atoms with Gasteiger partial charge in [-0.25, -0.2) is 0 Å². The smallest absolute Gasteiger partial charge is 0.323 e. The maximum absolute atomic E-state index is 11.2. The zero-order valence-corrected chi connectivity index (χ0v) is 10.1. The predicted molar refractivity (Wildman–Crippen MR) is 53.7 cm³/mol. The predicted octanol–water partition coefficient (Wildman–Crippen LogP) is -0.0136. The van der Waals surface area contributed by atoms with Crippen LogP contribution in [0.15, 0.2) is 0 Å². The number of rotatable bonds is 2. The first kappa shape index (κ1) is 13.6. The van der Waals surface area contributed by atoms with Crippen LogP contribution in [0, 0.1) is 0 Å². The highest BCUT2D eigenvalue weighted by atomic mass is 35.5. The maximum Gasteiger partial charge on any atom is 0.357 e. The number of alkyl halides is 1. The number of halogens is 1. The highest BCUT2D eigenvalue weighted by Crippen LogP contribution is 2.70. The van der Waals surface area contributed by atoms with Crippen LogP contribution in [0.25, 0.3) is 0 Å². The number of piperidine rings is 1. The number of hydrogen-bond acceptors (Lipinski definition) is 3. The van der Waals surface area contributed by atoms with Crippen LogP contribution in [-0.2, 0) is 9.13 Å². The summed E-state index contributed by atoms with van der Waals surface area (Å²) in [6, 6.07) is 0. The van der Waals surface area contributed by atoms with E-state index in [1.807, 2.05) is 0 Å². The topological polar surface area (TPSA) is 127 Å². The fourth-order valence-electron chi connectivity index (χ4n) is 1.53. The van der Waals surface area contributed by atoms with E-state index in [-0.39, 0.29) is 6.54 Å². The minimum Gasteiger partial charge on any atom is -0.323 e. The first-order valence-electron chi connectivity index (χ1n) is 4.10. The Bertz CT molecular complexity index is 314. The van der Waals surface area contributed by atoms with Gasteiger partial charge in [0.2, 0.25) is 5.02 Å². The Morgan fingerprint density at radius 3 is 1.93 bits per heavy atom. The molecule has 0 saturated carbocycles. The Hall–Kier alpha value is 0.550. The zero-order valence-electron chi connectivity index (χ0n) is 7.58. The van der Waals surface area contributed by atoms with Crippen molar-refractivity contribution in [3.8, 4) is 0 Å². The third-order valence-corrected chi connectivity index (χ3v) is 6.88. The molecule has 1 aliphatic rings. The molecule has 0 radical (unpaired) electrons. The molecule has 0 aromatic carbocycles. The summed E-state index contributed by atoms with van der Waals surface area (Å²) in [6.45, 7) is 0.0599. The summed E-state index contributed by atoms with van der Waals surface area (Å²) in [5, 5.41) is -0.952. The molecule has 7 nitrogen and oxygen atoms in total. The van der Waals surface area contributed by atoms with Crippen molar-refractivity contribution < 1.29 is 28.7 Å². The van der Waals surface area contributed by atoms with Crippen molar-refractivity contribution in [3.63, 3.8) is 0 Å². The Kier molecular flexibility index (Phi) is 3.71. The van der Waals surface area contributed by atoms with Gasteiger partial charge >= 0.3 is 15.2 Å². The summed E-state index contributed by atoms with van der Waals surface area (Å²) in [5.74, 6) is 0. The Morgan fingerprint density at radius 1 is 1.20 bits per heavy atom. The third kappa shape index (κ3) is 2.46. The molecule has 0 aromatic heterocycles. The van der Waals surface area contributed by atoms with Gasteiger partial charge in [0.15, 0.2) is 0 Å². The van der Waals surface area contributed by atoms with Gasteiger partial charge in [0.05, 0.1) is 0 Å². The zero-order chi connectivity index (χ0) is 11.9. The lowest BCUT2D eigenvalue weighted by Crippen LogP contribution is -2.50.